The van der Waals surface area contributed by atoms with E-state index in [-0.39, 0.29) is 170 Å². The van der Waals surface area contributed by atoms with E-state index in [4.69, 9.17) is 141 Å². The summed E-state index contributed by atoms with van der Waals surface area (Å²) in [4.78, 5) is 190. The highest BCUT2D eigenvalue weighted by molar-refractivity contribution is 5.77. The molecular weight excluding hydrogens is 1990 g/mol. The number of aromatic nitrogens is 24. The van der Waals surface area contributed by atoms with Gasteiger partial charge in [0.25, 0.3) is 11.1 Å². The van der Waals surface area contributed by atoms with Crippen molar-refractivity contribution in [2.24, 2.45) is 0 Å². The van der Waals surface area contributed by atoms with Gasteiger partial charge in [-0.2, -0.15) is 29.9 Å². The van der Waals surface area contributed by atoms with Crippen LogP contribution in [0, 0.1) is 74.1 Å². The third-order valence-corrected chi connectivity index (χ3v) is 23.2. The Kier molecular flexibility index (Phi) is 33.8. The summed E-state index contributed by atoms with van der Waals surface area (Å²) in [6.07, 6.45) is 11.5. The molecule has 6 aliphatic heterocycles. The predicted octanol–water partition coefficient (Wildman–Crippen LogP) is -8.59. The minimum absolute atomic E-state index is 0.00898. The van der Waals surface area contributed by atoms with Crippen molar-refractivity contribution in [3.63, 3.8) is 0 Å². The van der Waals surface area contributed by atoms with Crippen LogP contribution in [0.2, 0.25) is 0 Å². The number of anilines is 6. The number of alkyl halides is 3. The molecule has 0 spiro atoms. The second-order valence-electron chi connectivity index (χ2n) is 33.0. The molecule has 6 aliphatic rings. The van der Waals surface area contributed by atoms with Crippen LogP contribution in [0.1, 0.15) is 84.3 Å². The minimum atomic E-state index is -1.92. The van der Waals surface area contributed by atoms with E-state index in [1.54, 1.807) is 0 Å². The van der Waals surface area contributed by atoms with E-state index in [0.29, 0.717) is 11.0 Å². The zero-order valence-electron chi connectivity index (χ0n) is 78.5. The molecule has 0 aromatic carbocycles. The van der Waals surface area contributed by atoms with Crippen LogP contribution in [-0.4, -0.2) is 311 Å². The molecule has 18 rings (SSSR count). The fourth-order valence-corrected chi connectivity index (χ4v) is 16.9. The molecule has 790 valence electrons. The van der Waals surface area contributed by atoms with Gasteiger partial charge in [0, 0.05) is 47.0 Å². The van der Waals surface area contributed by atoms with E-state index in [0.717, 1.165) is 41.3 Å². The molecule has 12 aromatic heterocycles. The number of H-pyrrole nitrogens is 2. The van der Waals surface area contributed by atoms with E-state index < -0.39 is 218 Å². The van der Waals surface area contributed by atoms with Gasteiger partial charge in [-0.25, -0.2) is 89.3 Å². The number of hydrogen-bond acceptors (Lipinski definition) is 46. The molecule has 149 heavy (non-hydrogen) atoms. The predicted molar refractivity (Wildman–Crippen MR) is 505 cm³/mol. The minimum Gasteiger partial charge on any atom is -0.463 e. The first kappa shape index (κ1) is 109. The summed E-state index contributed by atoms with van der Waals surface area (Å²) < 4.78 is 109. The molecule has 6 saturated heterocycles. The molecule has 0 radical (unpaired) electrons. The smallest absolute Gasteiger partial charge is 0.333 e. The number of terminal acetylenes is 6. The van der Waals surface area contributed by atoms with Crippen molar-refractivity contribution in [2.75, 3.05) is 74.0 Å². The van der Waals surface area contributed by atoms with E-state index in [9.17, 15) is 91.1 Å². The molecule has 0 amide bonds. The normalized spacial score (nSPS) is 24.5. The lowest BCUT2D eigenvalue weighted by Gasteiger charge is -2.19. The molecule has 22 N–H and O–H groups in total. The maximum atomic E-state index is 15.0. The Bertz CT molecular complexity index is 7930. The molecular formula is C86H95F3N30O30. The van der Waals surface area contributed by atoms with Crippen molar-refractivity contribution in [1.82, 2.24) is 115 Å². The third kappa shape index (κ3) is 22.0. The van der Waals surface area contributed by atoms with Gasteiger partial charge < -0.3 is 123 Å². The Labute approximate surface area is 830 Å². The van der Waals surface area contributed by atoms with E-state index in [1.165, 1.54) is 66.0 Å². The van der Waals surface area contributed by atoms with Crippen LogP contribution in [0.25, 0.3) is 67.0 Å². The number of aromatic amines is 2. The SMILES string of the molecule is C#CCn1c(=O)n([C@@H]2O[C@H](CO)C[C@H]2O)c2nc(N)[nH]c(=O)c21.C#CCn1c(=O)n([C@@H]2O[C@H](CO)C[C@H]2O)c2nc(N)ncc21.C#CCn1c(=O)n([C@@H]2O[C@H](CO)[C@@H](F)[C@H]2O)c2nc(N)[nH]c(=O)c21.C#CCn1c(=O)n([C@@H]2O[C@H](CO)[C@@H](F)[C@H]2O)c2nc(N)ncc21.C#CCn1c(=O)n([C@@H]2O[C@H](COC(C)=O)C[C@H]2OC(C)=O)c2nc(N)ncc21.C#CCn1c(=O)n([C@@H]2O[C@H](COC(C)=O)[C@@H](F)[C@H]2OC(C)=O)c2nc(N)ncc21. The lowest BCUT2D eigenvalue weighted by Crippen LogP contribution is -2.37. The Morgan fingerprint density at radius 1 is 0.376 bits per heavy atom. The first-order valence-electron chi connectivity index (χ1n) is 44.2. The second-order valence-corrected chi connectivity index (χ2v) is 33.0. The van der Waals surface area contributed by atoms with Gasteiger partial charge in [-0.05, 0) is 0 Å². The molecule has 0 unspecified atom stereocenters. The van der Waals surface area contributed by atoms with Crippen LogP contribution in [0.5, 0.6) is 0 Å². The van der Waals surface area contributed by atoms with Gasteiger partial charge in [0.05, 0.1) is 109 Å². The summed E-state index contributed by atoms with van der Waals surface area (Å²) in [6, 6.07) is 0. The van der Waals surface area contributed by atoms with Crippen molar-refractivity contribution in [1.29, 1.82) is 0 Å². The number of nitrogens with two attached hydrogens (primary N) is 6. The van der Waals surface area contributed by atoms with Gasteiger partial charge in [0.1, 0.15) is 84.1 Å². The first-order chi connectivity index (χ1) is 71.0. The van der Waals surface area contributed by atoms with Crippen LogP contribution < -0.4 is 79.7 Å². The van der Waals surface area contributed by atoms with E-state index in [1.807, 2.05) is 0 Å². The van der Waals surface area contributed by atoms with Crippen LogP contribution in [0.4, 0.5) is 48.9 Å². The van der Waals surface area contributed by atoms with Crippen molar-refractivity contribution >= 4 is 127 Å². The number of nitrogens with one attached hydrogen (secondary N) is 2. The number of carbonyl (C=O) groups excluding carboxylic acids is 4. The average molecular weight is 2090 g/mol. The largest absolute Gasteiger partial charge is 0.463 e. The Morgan fingerprint density at radius 3 is 1.00 bits per heavy atom. The van der Waals surface area contributed by atoms with Crippen LogP contribution >= 0.6 is 0 Å². The standard InChI is InChI=1S/C17H18FN5O6.C17H19N5O6.C13H14FN5O5.C13H14FN5O4.C13H15N5O5.C13H15N5O4/c1-4-5-22-10-6-20-16(19)21-14(10)23(17(22)26)15-13(28-9(3)25)12(18)11(29-15)7-27-8(2)24;1-4-5-21-12-7-19-16(18)20-14(12)22(17(21)25)15-13(27-10(3)24)6-11(28-15)8-26-9(2)23;1-2-3-18-7-9(16-12(15)17-10(7)22)19(13(18)23)11-8(21)6(14)5(4-20)24-11;1-2-3-18-6-4-16-12(15)17-10(6)19(13(18)22)11-9(21)8(14)7(5-20)23-11;1-2-3-17-8-9(15-12(14)16-10(8)21)18(13(17)22)11-7(20)4-6(5-19)23-11;1-2-3-17-8-5-15-12(14)16-10(8)18(13(17)21)11-9(20)4-7(6-19)22-11/h1,6,11-13,15H,5,7H2,2-3H3,(H2,19,20,21);1,7,11,13,15H,5-6,8H2,2-3H3,(H2,18,19,20);1,5-6,8,11,20-21H,3-4H2,(H3,15,16,17,22);1,4,7-9,11,20-21H,3,5H2,(H2,15,16,17);1,6-7,11,19-20H,3-5H2,(H3,14,15,16,21);1,5,7,9,11,19-20H,3-4,6H2,(H2,14,15,16)/t11-,12-,13-,15-;11-,13+,15+;5-,6-,8-,11-;7-,8-,9-,11-;6-,7+,11+;7-,9+,11+/m101100/s1. The topological polar surface area (TPSA) is 835 Å². The highest BCUT2D eigenvalue weighted by atomic mass is 19.1. The highest BCUT2D eigenvalue weighted by Crippen LogP contribution is 2.40. The fraction of sp³-hybridized carbons (Fsp3) is 0.465. The summed E-state index contributed by atoms with van der Waals surface area (Å²) in [6.45, 7) is 1.85. The van der Waals surface area contributed by atoms with Gasteiger partial charge in [-0.3, -0.25) is 66.1 Å². The van der Waals surface area contributed by atoms with Crippen molar-refractivity contribution in [3.8, 4) is 74.1 Å². The summed E-state index contributed by atoms with van der Waals surface area (Å²) in [5.41, 5.74) is 29.7. The number of aliphatic hydroxyl groups is 8. The Hall–Kier alpha value is -17.0. The number of hydrogen-bond donors (Lipinski definition) is 16. The number of fused-ring (bicyclic) bond motifs is 6. The number of nitrogens with zero attached hydrogens (tertiary/aromatic N) is 22. The van der Waals surface area contributed by atoms with E-state index >= 15 is 0 Å². The maximum absolute atomic E-state index is 15.0. The highest BCUT2D eigenvalue weighted by Gasteiger charge is 2.53. The fourth-order valence-electron chi connectivity index (χ4n) is 16.9. The molecule has 12 aromatic rings. The molecule has 0 aliphatic carbocycles. The van der Waals surface area contributed by atoms with Crippen molar-refractivity contribution < 1.29 is 121 Å². The zero-order chi connectivity index (χ0) is 109. The second kappa shape index (κ2) is 46.1. The monoisotopic (exact) mass is 2080 g/mol. The molecule has 0 saturated carbocycles. The van der Waals surface area contributed by atoms with E-state index in [2.05, 4.69) is 95.3 Å². The van der Waals surface area contributed by atoms with Gasteiger partial charge >= 0.3 is 58.0 Å². The molecule has 60 nitrogen and oxygen atoms in total. The lowest BCUT2D eigenvalue weighted by atomic mass is 10.1. The lowest BCUT2D eigenvalue weighted by molar-refractivity contribution is -0.155. The number of halogens is 3. The maximum Gasteiger partial charge on any atom is 0.333 e. The molecule has 63 heteroatoms. The number of nitrogen functional groups attached to an aromatic ring is 6. The number of rotatable bonds is 22. The first-order valence-corrected chi connectivity index (χ1v) is 44.2. The number of aliphatic hydroxyl groups excluding tert-OH is 8. The number of carbonyl (C=O) groups is 4. The summed E-state index contributed by atoms with van der Waals surface area (Å²) in [7, 11) is 0. The van der Waals surface area contributed by atoms with Gasteiger partial charge in [0.2, 0.25) is 35.7 Å². The average Bonchev–Trinajstić information content (AvgIpc) is 1.55. The molecule has 0 bridgehead atoms. The molecule has 18 heterocycles. The van der Waals surface area contributed by atoms with Crippen molar-refractivity contribution in [3.05, 3.63) is 108 Å². The molecule has 6 fully saturated rings. The number of ether oxygens (including phenoxy) is 10. The van der Waals surface area contributed by atoms with Crippen LogP contribution in [0.15, 0.2) is 63.1 Å². The van der Waals surface area contributed by atoms with Crippen LogP contribution in [0.3, 0.4) is 0 Å². The summed E-state index contributed by atoms with van der Waals surface area (Å²) in [5.74, 6) is 10.8. The summed E-state index contributed by atoms with van der Waals surface area (Å²) in [5, 5.41) is 76.8. The summed E-state index contributed by atoms with van der Waals surface area (Å²) >= 11 is 0. The Morgan fingerprint density at radius 2 is 0.678 bits per heavy atom. The number of esters is 4. The van der Waals surface area contributed by atoms with Gasteiger partial charge in [-0.15, -0.1) is 38.5 Å². The van der Waals surface area contributed by atoms with Gasteiger partial charge in [0.15, 0.2) is 107 Å². The zero-order valence-corrected chi connectivity index (χ0v) is 78.5. The van der Waals surface area contributed by atoms with Gasteiger partial charge in [-0.1, -0.05) is 35.5 Å². The third-order valence-electron chi connectivity index (χ3n) is 23.2. The van der Waals surface area contributed by atoms with Crippen molar-refractivity contribution in [2.45, 2.75) is 215 Å². The van der Waals surface area contributed by atoms with Crippen LogP contribution in [-0.2, 0) is 106 Å². The Balaban J connectivity index is 0.000000150. The molecule has 21 atom stereocenters. The number of imidazole rings is 6. The quantitative estimate of drug-likeness (QED) is 0.0170.